The lowest BCUT2D eigenvalue weighted by Crippen LogP contribution is -2.61. The fraction of sp³-hybridized carbons (Fsp3) is 0.500. The van der Waals surface area contributed by atoms with E-state index >= 15 is 0 Å². The fourth-order valence-corrected chi connectivity index (χ4v) is 5.29. The van der Waals surface area contributed by atoms with Crippen molar-refractivity contribution in [3.63, 3.8) is 0 Å². The van der Waals surface area contributed by atoms with E-state index in [0.717, 1.165) is 31.1 Å². The summed E-state index contributed by atoms with van der Waals surface area (Å²) in [5.74, 6) is -2.90. The monoisotopic (exact) mass is 512 g/mol. The van der Waals surface area contributed by atoms with Crippen molar-refractivity contribution in [2.75, 3.05) is 37.7 Å². The number of nitrogens with one attached hydrogen (secondary N) is 1. The highest BCUT2D eigenvalue weighted by atomic mass is 16.5. The second-order valence-corrected chi connectivity index (χ2v) is 9.38. The Morgan fingerprint density at radius 2 is 2.00 bits per heavy atom. The minimum absolute atomic E-state index is 0.162. The molecule has 0 aliphatic carbocycles. The zero-order valence-electron chi connectivity index (χ0n) is 20.5. The number of fused-ring (bicyclic) bond motifs is 2. The van der Waals surface area contributed by atoms with Gasteiger partial charge in [0.15, 0.2) is 0 Å². The predicted octanol–water partition coefficient (Wildman–Crippen LogP) is -0.672. The summed E-state index contributed by atoms with van der Waals surface area (Å²) in [5.41, 5.74) is -0.375. The van der Waals surface area contributed by atoms with Crippen LogP contribution in [0.4, 0.5) is 5.95 Å². The molecule has 37 heavy (non-hydrogen) atoms. The molecule has 196 valence electrons. The highest BCUT2D eigenvalue weighted by Gasteiger charge is 2.56. The molecule has 13 heteroatoms. The van der Waals surface area contributed by atoms with Crippen LogP contribution in [0.3, 0.4) is 0 Å². The van der Waals surface area contributed by atoms with Gasteiger partial charge in [-0.3, -0.25) is 9.59 Å². The molecule has 0 saturated carbocycles. The number of ether oxygens (including phenoxy) is 1. The average molecular weight is 513 g/mol. The van der Waals surface area contributed by atoms with Crippen molar-refractivity contribution in [1.82, 2.24) is 24.8 Å². The van der Waals surface area contributed by atoms with Gasteiger partial charge in [0.05, 0.1) is 23.4 Å². The topological polar surface area (TPSA) is 167 Å². The van der Waals surface area contributed by atoms with Gasteiger partial charge in [0.1, 0.15) is 23.5 Å². The summed E-state index contributed by atoms with van der Waals surface area (Å²) in [6.45, 7) is 6.46. The van der Waals surface area contributed by atoms with Gasteiger partial charge in [-0.05, 0) is 20.3 Å². The van der Waals surface area contributed by atoms with E-state index in [1.165, 1.54) is 19.3 Å². The molecule has 2 aromatic heterocycles. The van der Waals surface area contributed by atoms with Gasteiger partial charge < -0.3 is 34.6 Å². The Morgan fingerprint density at radius 3 is 2.65 bits per heavy atom. The standard InChI is InChI=1S/C24H28N6O7/c1-3-28-10-15(19(32)14-9-26-24(27-20(14)28)29-6-4-25-5-7-29)23(36)37-11-13-8-16-17(12(2)31)21(33)30(16)18(13)22(34)35/h9-10,12,16-17,25,31H,3-8,11H2,1-2H3,(H,34,35)/t12-,16-,17-/m1/s1. The summed E-state index contributed by atoms with van der Waals surface area (Å²) in [4.78, 5) is 62.4. The van der Waals surface area contributed by atoms with Crippen LogP contribution >= 0.6 is 0 Å². The van der Waals surface area contributed by atoms with Crippen molar-refractivity contribution in [2.24, 2.45) is 5.92 Å². The first kappa shape index (κ1) is 24.8. The van der Waals surface area contributed by atoms with Gasteiger partial charge in [-0.2, -0.15) is 4.98 Å². The van der Waals surface area contributed by atoms with Crippen LogP contribution in [0.25, 0.3) is 11.0 Å². The number of aromatic nitrogens is 3. The Hall–Kier alpha value is -3.84. The molecule has 1 amide bonds. The smallest absolute Gasteiger partial charge is 0.352 e. The maximum atomic E-state index is 13.2. The number of hydrogen-bond donors (Lipinski definition) is 3. The molecule has 2 fully saturated rings. The number of piperazine rings is 1. The van der Waals surface area contributed by atoms with Crippen molar-refractivity contribution in [3.8, 4) is 0 Å². The van der Waals surface area contributed by atoms with Gasteiger partial charge in [-0.25, -0.2) is 14.6 Å². The van der Waals surface area contributed by atoms with Crippen molar-refractivity contribution in [1.29, 1.82) is 0 Å². The van der Waals surface area contributed by atoms with E-state index in [4.69, 9.17) is 4.74 Å². The normalized spacial score (nSPS) is 22.2. The number of carboxylic acid groups (broad SMARTS) is 1. The molecule has 3 aliphatic rings. The van der Waals surface area contributed by atoms with Crippen LogP contribution in [0.5, 0.6) is 0 Å². The van der Waals surface area contributed by atoms with Gasteiger partial charge in [0, 0.05) is 50.7 Å². The van der Waals surface area contributed by atoms with Crippen LogP contribution < -0.4 is 15.6 Å². The van der Waals surface area contributed by atoms with Crippen LogP contribution in [-0.2, 0) is 20.9 Å². The lowest BCUT2D eigenvalue weighted by molar-refractivity contribution is -0.161. The Labute approximate surface area is 211 Å². The number of anilines is 1. The van der Waals surface area contributed by atoms with Crippen LogP contribution in [0, 0.1) is 5.92 Å². The average Bonchev–Trinajstić information content (AvgIpc) is 3.22. The predicted molar refractivity (Wildman–Crippen MR) is 130 cm³/mol. The highest BCUT2D eigenvalue weighted by molar-refractivity contribution is 6.00. The Morgan fingerprint density at radius 1 is 1.27 bits per heavy atom. The van der Waals surface area contributed by atoms with Crippen molar-refractivity contribution in [3.05, 3.63) is 39.5 Å². The number of amides is 1. The maximum absolute atomic E-state index is 13.2. The number of aliphatic hydroxyl groups is 1. The zero-order valence-corrected chi connectivity index (χ0v) is 20.5. The molecule has 5 rings (SSSR count). The van der Waals surface area contributed by atoms with Crippen LogP contribution in [-0.4, -0.2) is 92.4 Å². The third kappa shape index (κ3) is 4.13. The number of rotatable bonds is 7. The molecular weight excluding hydrogens is 484 g/mol. The molecule has 3 aliphatic heterocycles. The van der Waals surface area contributed by atoms with E-state index in [1.807, 2.05) is 11.8 Å². The van der Waals surface area contributed by atoms with E-state index < -0.39 is 47.9 Å². The number of aryl methyl sites for hydroxylation is 1. The minimum Gasteiger partial charge on any atom is -0.477 e. The molecule has 13 nitrogen and oxygen atoms in total. The number of carbonyl (C=O) groups is 3. The van der Waals surface area contributed by atoms with Gasteiger partial charge in [-0.1, -0.05) is 0 Å². The molecule has 0 radical (unpaired) electrons. The molecule has 3 atom stereocenters. The summed E-state index contributed by atoms with van der Waals surface area (Å²) < 4.78 is 7.04. The summed E-state index contributed by atoms with van der Waals surface area (Å²) in [6.07, 6.45) is 2.04. The SMILES string of the molecule is CCn1cc(C(=O)OCC2=C(C(=O)O)N3C(=O)[C@H]([C@@H](C)O)[C@H]3C2)c(=O)c2cnc(N3CCNCC3)nc21. The Bertz CT molecular complexity index is 1380. The summed E-state index contributed by atoms with van der Waals surface area (Å²) in [5, 5.41) is 23.0. The number of aliphatic carboxylic acids is 1. The third-order valence-corrected chi connectivity index (χ3v) is 7.16. The number of carboxylic acids is 1. The largest absolute Gasteiger partial charge is 0.477 e. The molecule has 3 N–H and O–H groups in total. The lowest BCUT2D eigenvalue weighted by atomic mass is 9.83. The Kier molecular flexibility index (Phi) is 6.42. The van der Waals surface area contributed by atoms with E-state index in [2.05, 4.69) is 15.3 Å². The zero-order chi connectivity index (χ0) is 26.4. The summed E-state index contributed by atoms with van der Waals surface area (Å²) in [6, 6.07) is -0.493. The molecule has 0 spiro atoms. The molecular formula is C24H28N6O7. The van der Waals surface area contributed by atoms with E-state index in [-0.39, 0.29) is 28.6 Å². The first-order valence-corrected chi connectivity index (χ1v) is 12.2. The molecule has 0 unspecified atom stereocenters. The molecule has 5 heterocycles. The maximum Gasteiger partial charge on any atom is 0.352 e. The van der Waals surface area contributed by atoms with E-state index in [9.17, 15) is 29.4 Å². The second-order valence-electron chi connectivity index (χ2n) is 9.38. The van der Waals surface area contributed by atoms with E-state index in [0.29, 0.717) is 18.1 Å². The lowest BCUT2D eigenvalue weighted by Gasteiger charge is -2.44. The van der Waals surface area contributed by atoms with Crippen molar-refractivity contribution in [2.45, 2.75) is 39.0 Å². The minimum atomic E-state index is -1.32. The van der Waals surface area contributed by atoms with Crippen LogP contribution in [0.15, 0.2) is 28.5 Å². The first-order valence-electron chi connectivity index (χ1n) is 12.2. The number of hydrogen-bond acceptors (Lipinski definition) is 10. The number of carbonyl (C=O) groups excluding carboxylic acids is 2. The molecule has 2 saturated heterocycles. The van der Waals surface area contributed by atoms with Crippen LogP contribution in [0.1, 0.15) is 30.6 Å². The van der Waals surface area contributed by atoms with Gasteiger partial charge in [0.25, 0.3) is 0 Å². The van der Waals surface area contributed by atoms with E-state index in [1.54, 1.807) is 4.57 Å². The van der Waals surface area contributed by atoms with Crippen LogP contribution in [0.2, 0.25) is 0 Å². The van der Waals surface area contributed by atoms with Crippen molar-refractivity contribution < 1.29 is 29.3 Å². The van der Waals surface area contributed by atoms with Gasteiger partial charge in [-0.15, -0.1) is 0 Å². The molecule has 2 aromatic rings. The fourth-order valence-electron chi connectivity index (χ4n) is 5.29. The summed E-state index contributed by atoms with van der Waals surface area (Å²) in [7, 11) is 0. The van der Waals surface area contributed by atoms with Crippen molar-refractivity contribution >= 4 is 34.8 Å². The number of nitrogens with zero attached hydrogens (tertiary/aromatic N) is 5. The summed E-state index contributed by atoms with van der Waals surface area (Å²) >= 11 is 0. The molecule has 0 aromatic carbocycles. The number of esters is 1. The number of pyridine rings is 1. The van der Waals surface area contributed by atoms with Gasteiger partial charge >= 0.3 is 11.9 Å². The van der Waals surface area contributed by atoms with Gasteiger partial charge in [0.2, 0.25) is 17.3 Å². The number of β-lactam (4-membered cyclic amide) rings is 1. The second kappa shape index (κ2) is 9.56. The first-order chi connectivity index (χ1) is 17.7. The molecule has 0 bridgehead atoms. The number of aliphatic hydroxyl groups excluding tert-OH is 1. The highest BCUT2D eigenvalue weighted by Crippen LogP contribution is 2.43. The quantitative estimate of drug-likeness (QED) is 0.318. The Balaban J connectivity index is 1.40. The third-order valence-electron chi connectivity index (χ3n) is 7.16.